The molecule has 3 aromatic carbocycles. The molecule has 0 aliphatic rings. The molecular weight excluding hydrogens is 360 g/mol. The average Bonchev–Trinajstić information content (AvgIpc) is 2.76. The topological polar surface area (TPSA) is 50.4 Å². The summed E-state index contributed by atoms with van der Waals surface area (Å²) in [6, 6.07) is 24.4. The molecule has 0 aliphatic carbocycles. The predicted molar refractivity (Wildman–Crippen MR) is 120 cm³/mol. The van der Waals surface area contributed by atoms with Crippen molar-refractivity contribution in [1.29, 1.82) is 0 Å². The van der Waals surface area contributed by atoms with Gasteiger partial charge in [-0.25, -0.2) is 4.79 Å². The summed E-state index contributed by atoms with van der Waals surface area (Å²) in [5.74, 6) is -0.344. The quantitative estimate of drug-likeness (QED) is 0.453. The van der Waals surface area contributed by atoms with E-state index in [1.54, 1.807) is 6.07 Å². The minimum Gasteiger partial charge on any atom is -0.465 e. The van der Waals surface area contributed by atoms with Crippen molar-refractivity contribution in [3.05, 3.63) is 89.5 Å². The first-order chi connectivity index (χ1) is 14.2. The molecule has 0 amide bonds. The second-order valence-electron chi connectivity index (χ2n) is 6.94. The number of hydrogen-bond donors (Lipinski definition) is 2. The third-order valence-corrected chi connectivity index (χ3v) is 4.83. The molecule has 0 fully saturated rings. The van der Waals surface area contributed by atoms with Crippen LogP contribution >= 0.6 is 0 Å². The molecule has 0 unspecified atom stereocenters. The van der Waals surface area contributed by atoms with Crippen LogP contribution in [0, 0.1) is 0 Å². The van der Waals surface area contributed by atoms with Gasteiger partial charge in [-0.05, 0) is 73.7 Å². The standard InChI is InChI=1S/C25H28N2O2/c1-3-26-21-15-11-19(12-16-21)7-6-8-20-13-17-22(18-14-20)27-24-10-5-4-9-23(24)25(28)29-2/h4-5,9-18,26-27H,3,6-8H2,1-2H3. The van der Waals surface area contributed by atoms with Gasteiger partial charge in [0.1, 0.15) is 0 Å². The Labute approximate surface area is 172 Å². The maximum atomic E-state index is 11.9. The van der Waals surface area contributed by atoms with Gasteiger partial charge in [-0.3, -0.25) is 0 Å². The fraction of sp³-hybridized carbons (Fsp3) is 0.240. The van der Waals surface area contributed by atoms with Gasteiger partial charge in [-0.1, -0.05) is 36.4 Å². The van der Waals surface area contributed by atoms with Gasteiger partial charge in [0.2, 0.25) is 0 Å². The zero-order chi connectivity index (χ0) is 20.5. The Morgan fingerprint density at radius 2 is 1.41 bits per heavy atom. The monoisotopic (exact) mass is 388 g/mol. The van der Waals surface area contributed by atoms with Crippen LogP contribution in [0.4, 0.5) is 17.1 Å². The molecule has 0 saturated heterocycles. The summed E-state index contributed by atoms with van der Waals surface area (Å²) >= 11 is 0. The van der Waals surface area contributed by atoms with Crippen LogP contribution < -0.4 is 10.6 Å². The molecule has 0 aliphatic heterocycles. The maximum absolute atomic E-state index is 11.9. The predicted octanol–water partition coefficient (Wildman–Crippen LogP) is 5.82. The molecule has 0 spiro atoms. The Morgan fingerprint density at radius 1 is 0.828 bits per heavy atom. The van der Waals surface area contributed by atoms with Crippen LogP contribution in [0.25, 0.3) is 0 Å². The third kappa shape index (κ3) is 5.85. The Hall–Kier alpha value is -3.27. The summed E-state index contributed by atoms with van der Waals surface area (Å²) < 4.78 is 4.85. The fourth-order valence-electron chi connectivity index (χ4n) is 3.28. The largest absolute Gasteiger partial charge is 0.465 e. The van der Waals surface area contributed by atoms with Crippen molar-refractivity contribution >= 4 is 23.0 Å². The van der Waals surface area contributed by atoms with Gasteiger partial charge in [0, 0.05) is 17.9 Å². The zero-order valence-electron chi connectivity index (χ0n) is 17.1. The summed E-state index contributed by atoms with van der Waals surface area (Å²) in [4.78, 5) is 11.9. The number of nitrogens with one attached hydrogen (secondary N) is 2. The van der Waals surface area contributed by atoms with Crippen molar-refractivity contribution in [3.63, 3.8) is 0 Å². The van der Waals surface area contributed by atoms with Crippen LogP contribution in [0.15, 0.2) is 72.8 Å². The normalized spacial score (nSPS) is 10.4. The molecule has 4 nitrogen and oxygen atoms in total. The molecule has 0 atom stereocenters. The number of rotatable bonds is 9. The van der Waals surface area contributed by atoms with Gasteiger partial charge in [0.15, 0.2) is 0 Å². The lowest BCUT2D eigenvalue weighted by Crippen LogP contribution is -2.05. The van der Waals surface area contributed by atoms with Crippen LogP contribution in [0.3, 0.4) is 0 Å². The van der Waals surface area contributed by atoms with Crippen LogP contribution in [-0.2, 0) is 17.6 Å². The SMILES string of the molecule is CCNc1ccc(CCCc2ccc(Nc3ccccc3C(=O)OC)cc2)cc1. The molecule has 0 saturated carbocycles. The van der Waals surface area contributed by atoms with E-state index in [0.29, 0.717) is 5.56 Å². The minimum atomic E-state index is -0.344. The Kier molecular flexibility index (Phi) is 7.28. The van der Waals surface area contributed by atoms with Crippen molar-refractivity contribution in [1.82, 2.24) is 0 Å². The number of carbonyl (C=O) groups excluding carboxylic acids is 1. The lowest BCUT2D eigenvalue weighted by molar-refractivity contribution is 0.0602. The number of esters is 1. The lowest BCUT2D eigenvalue weighted by Gasteiger charge is -2.11. The number of benzene rings is 3. The van der Waals surface area contributed by atoms with E-state index in [4.69, 9.17) is 4.74 Å². The van der Waals surface area contributed by atoms with E-state index in [1.807, 2.05) is 18.2 Å². The number of anilines is 3. The molecule has 3 aromatic rings. The highest BCUT2D eigenvalue weighted by Crippen LogP contribution is 2.22. The first-order valence-electron chi connectivity index (χ1n) is 10.1. The summed E-state index contributed by atoms with van der Waals surface area (Å²) in [6.45, 7) is 3.05. The van der Waals surface area contributed by atoms with Crippen molar-refractivity contribution < 1.29 is 9.53 Å². The highest BCUT2D eigenvalue weighted by atomic mass is 16.5. The Morgan fingerprint density at radius 3 is 2.00 bits per heavy atom. The molecular formula is C25H28N2O2. The van der Waals surface area contributed by atoms with Gasteiger partial charge in [-0.15, -0.1) is 0 Å². The summed E-state index contributed by atoms with van der Waals surface area (Å²) in [5, 5.41) is 6.63. The van der Waals surface area contributed by atoms with E-state index in [-0.39, 0.29) is 5.97 Å². The summed E-state index contributed by atoms with van der Waals surface area (Å²) in [7, 11) is 1.39. The molecule has 0 bridgehead atoms. The van der Waals surface area contributed by atoms with Crippen molar-refractivity contribution in [2.45, 2.75) is 26.2 Å². The van der Waals surface area contributed by atoms with E-state index >= 15 is 0 Å². The maximum Gasteiger partial charge on any atom is 0.339 e. The molecule has 150 valence electrons. The second kappa shape index (κ2) is 10.3. The zero-order valence-corrected chi connectivity index (χ0v) is 17.1. The third-order valence-electron chi connectivity index (χ3n) is 4.83. The molecule has 0 radical (unpaired) electrons. The Bertz CT molecular complexity index is 918. The van der Waals surface area contributed by atoms with Gasteiger partial charge in [0.25, 0.3) is 0 Å². The molecule has 2 N–H and O–H groups in total. The highest BCUT2D eigenvalue weighted by molar-refractivity contribution is 5.96. The first kappa shape index (κ1) is 20.5. The average molecular weight is 389 g/mol. The van der Waals surface area contributed by atoms with Crippen LogP contribution in [0.5, 0.6) is 0 Å². The van der Waals surface area contributed by atoms with E-state index in [0.717, 1.165) is 37.2 Å². The molecule has 29 heavy (non-hydrogen) atoms. The number of methoxy groups -OCH3 is 1. The first-order valence-corrected chi connectivity index (χ1v) is 10.1. The van der Waals surface area contributed by atoms with Crippen molar-refractivity contribution in [2.24, 2.45) is 0 Å². The number of aryl methyl sites for hydroxylation is 2. The molecule has 4 heteroatoms. The van der Waals surface area contributed by atoms with Crippen LogP contribution in [-0.4, -0.2) is 19.6 Å². The fourth-order valence-corrected chi connectivity index (χ4v) is 3.28. The van der Waals surface area contributed by atoms with Crippen LogP contribution in [0.1, 0.15) is 34.8 Å². The summed E-state index contributed by atoms with van der Waals surface area (Å²) in [5.41, 5.74) is 6.06. The van der Waals surface area contributed by atoms with Crippen molar-refractivity contribution in [2.75, 3.05) is 24.3 Å². The molecule has 3 rings (SSSR count). The van der Waals surface area contributed by atoms with Crippen LogP contribution in [0.2, 0.25) is 0 Å². The van der Waals surface area contributed by atoms with E-state index in [2.05, 4.69) is 66.1 Å². The summed E-state index contributed by atoms with van der Waals surface area (Å²) in [6.07, 6.45) is 3.21. The van der Waals surface area contributed by atoms with E-state index in [9.17, 15) is 4.79 Å². The number of carbonyl (C=O) groups is 1. The highest BCUT2D eigenvalue weighted by Gasteiger charge is 2.10. The number of ether oxygens (including phenoxy) is 1. The second-order valence-corrected chi connectivity index (χ2v) is 6.94. The van der Waals surface area contributed by atoms with Gasteiger partial charge >= 0.3 is 5.97 Å². The molecule has 0 aromatic heterocycles. The van der Waals surface area contributed by atoms with E-state index in [1.165, 1.54) is 23.9 Å². The van der Waals surface area contributed by atoms with Gasteiger partial charge < -0.3 is 15.4 Å². The minimum absolute atomic E-state index is 0.344. The lowest BCUT2D eigenvalue weighted by atomic mass is 10.0. The van der Waals surface area contributed by atoms with Crippen molar-refractivity contribution in [3.8, 4) is 0 Å². The smallest absolute Gasteiger partial charge is 0.339 e. The van der Waals surface area contributed by atoms with Gasteiger partial charge in [0.05, 0.1) is 18.4 Å². The van der Waals surface area contributed by atoms with E-state index < -0.39 is 0 Å². The molecule has 0 heterocycles. The Balaban J connectivity index is 1.53. The van der Waals surface area contributed by atoms with Gasteiger partial charge in [-0.2, -0.15) is 0 Å². The number of hydrogen-bond acceptors (Lipinski definition) is 4. The number of para-hydroxylation sites is 1.